The highest BCUT2D eigenvalue weighted by Gasteiger charge is 2.24. The van der Waals surface area contributed by atoms with Crippen LogP contribution in [0.25, 0.3) is 141 Å². The number of aromatic nitrogens is 10. The summed E-state index contributed by atoms with van der Waals surface area (Å²) < 4.78 is 32.7. The number of hydrogen-bond donors (Lipinski definition) is 0. The monoisotopic (exact) mass is 1050 g/mol. The fourth-order valence-corrected chi connectivity index (χ4v) is 10.2. The Kier molecular flexibility index (Phi) is 12.3. The van der Waals surface area contributed by atoms with Gasteiger partial charge in [-0.05, 0) is 66.2 Å². The second-order valence-electron chi connectivity index (χ2n) is 19.3. The molecule has 14 aromatic rings. The predicted molar refractivity (Wildman–Crippen MR) is 315 cm³/mol. The van der Waals surface area contributed by atoms with Gasteiger partial charge in [-0.1, -0.05) is 188 Å². The first-order valence-corrected chi connectivity index (χ1v) is 26.2. The molecule has 81 heavy (non-hydrogen) atoms. The van der Waals surface area contributed by atoms with Gasteiger partial charge < -0.3 is 4.57 Å². The van der Waals surface area contributed by atoms with Crippen molar-refractivity contribution < 1.29 is 8.78 Å². The molecule has 0 unspecified atom stereocenters. The molecular weight excluding hydrogens is 1010 g/mol. The standard InChI is InChI=1S/C69H42F2N10/c70-52-34-35-53(57(71)42-52)49-31-36-60(56(39-49)69-79-65(47-27-15-5-16-28-47)74-66(80-69)48-29-17-6-18-30-48)81-58-37-32-50(67-75-61(43-19-7-1-8-20-43)72-62(76-67)44-21-9-2-10-22-44)40-54(58)55-41-51(33-38-59(55)81)68-77-63(45-23-11-3-12-24-45)73-64(78-68)46-25-13-4-14-26-46/h1-42H. The molecule has 0 saturated carbocycles. The van der Waals surface area contributed by atoms with E-state index in [4.69, 9.17) is 44.9 Å². The topological polar surface area (TPSA) is 121 Å². The fraction of sp³-hybridized carbons (Fsp3) is 0. The fourth-order valence-electron chi connectivity index (χ4n) is 10.2. The molecular formula is C69H42F2N10. The Hall–Kier alpha value is -11.1. The Morgan fingerprint density at radius 2 is 0.543 bits per heavy atom. The van der Waals surface area contributed by atoms with Crippen LogP contribution in [0.1, 0.15) is 0 Å². The highest BCUT2D eigenvalue weighted by molar-refractivity contribution is 6.12. The maximum atomic E-state index is 16.0. The van der Waals surface area contributed by atoms with Gasteiger partial charge >= 0.3 is 0 Å². The molecule has 0 atom stereocenters. The summed E-state index contributed by atoms with van der Waals surface area (Å²) in [5.41, 5.74) is 10.1. The lowest BCUT2D eigenvalue weighted by atomic mass is 10.00. The van der Waals surface area contributed by atoms with E-state index in [-0.39, 0.29) is 5.56 Å². The van der Waals surface area contributed by atoms with Crippen LogP contribution in [0.4, 0.5) is 8.78 Å². The maximum absolute atomic E-state index is 16.0. The van der Waals surface area contributed by atoms with Crippen LogP contribution in [0.2, 0.25) is 0 Å². The van der Waals surface area contributed by atoms with Gasteiger partial charge in [-0.3, -0.25) is 0 Å². The van der Waals surface area contributed by atoms with Gasteiger partial charge in [0.1, 0.15) is 11.6 Å². The molecule has 4 aromatic heterocycles. The van der Waals surface area contributed by atoms with E-state index in [9.17, 15) is 4.39 Å². The second kappa shape index (κ2) is 20.7. The van der Waals surface area contributed by atoms with Crippen LogP contribution in [0, 0.1) is 11.6 Å². The van der Waals surface area contributed by atoms with Crippen LogP contribution in [0.15, 0.2) is 255 Å². The third kappa shape index (κ3) is 9.42. The van der Waals surface area contributed by atoms with E-state index < -0.39 is 11.6 Å². The van der Waals surface area contributed by atoms with Crippen LogP contribution in [0.3, 0.4) is 0 Å². The smallest absolute Gasteiger partial charge is 0.166 e. The molecule has 0 radical (unpaired) electrons. The molecule has 14 rings (SSSR count). The Balaban J connectivity index is 1.04. The first kappa shape index (κ1) is 48.3. The minimum absolute atomic E-state index is 0.213. The van der Waals surface area contributed by atoms with Crippen molar-refractivity contribution in [1.29, 1.82) is 0 Å². The Morgan fingerprint density at radius 1 is 0.235 bits per heavy atom. The van der Waals surface area contributed by atoms with Crippen LogP contribution in [-0.4, -0.2) is 49.4 Å². The van der Waals surface area contributed by atoms with Gasteiger partial charge in [-0.2, -0.15) is 0 Å². The van der Waals surface area contributed by atoms with Crippen LogP contribution in [0.5, 0.6) is 0 Å². The SMILES string of the molecule is Fc1ccc(-c2ccc(-n3c4ccc(-c5nc(-c6ccccc6)nc(-c6ccccc6)n5)cc4c4cc(-c5nc(-c6ccccc6)nc(-c6ccccc6)n5)ccc43)c(-c3nc(-c4ccccc4)nc(-c4ccccc4)n3)c2)c(F)c1. The van der Waals surface area contributed by atoms with Crippen molar-refractivity contribution in [2.75, 3.05) is 0 Å². The summed E-state index contributed by atoms with van der Waals surface area (Å²) in [5, 5.41) is 1.72. The first-order valence-electron chi connectivity index (χ1n) is 26.2. The molecule has 0 bridgehead atoms. The summed E-state index contributed by atoms with van der Waals surface area (Å²) in [5.74, 6) is 2.96. The molecule has 10 nitrogen and oxygen atoms in total. The summed E-state index contributed by atoms with van der Waals surface area (Å²) in [4.78, 5) is 45.9. The van der Waals surface area contributed by atoms with Crippen molar-refractivity contribution in [3.8, 4) is 119 Å². The van der Waals surface area contributed by atoms with Crippen molar-refractivity contribution >= 4 is 21.8 Å². The zero-order chi connectivity index (χ0) is 54.2. The third-order valence-electron chi connectivity index (χ3n) is 14.1. The molecule has 0 saturated heterocycles. The van der Waals surface area contributed by atoms with Crippen LogP contribution < -0.4 is 0 Å². The Morgan fingerprint density at radius 3 is 0.877 bits per heavy atom. The molecule has 12 heteroatoms. The van der Waals surface area contributed by atoms with Gasteiger partial charge in [-0.15, -0.1) is 0 Å². The lowest BCUT2D eigenvalue weighted by Crippen LogP contribution is -2.04. The molecule has 0 aliphatic carbocycles. The van der Waals surface area contributed by atoms with Gasteiger partial charge in [0.15, 0.2) is 52.4 Å². The minimum atomic E-state index is -0.704. The molecule has 382 valence electrons. The van der Waals surface area contributed by atoms with Crippen molar-refractivity contribution in [2.24, 2.45) is 0 Å². The zero-order valence-corrected chi connectivity index (χ0v) is 43.0. The summed E-state index contributed by atoms with van der Waals surface area (Å²) in [6, 6.07) is 80.7. The van der Waals surface area contributed by atoms with E-state index in [1.807, 2.05) is 212 Å². The number of nitrogens with zero attached hydrogens (tertiary/aromatic N) is 10. The number of benzene rings is 10. The maximum Gasteiger partial charge on any atom is 0.166 e. The van der Waals surface area contributed by atoms with Crippen molar-refractivity contribution in [3.05, 3.63) is 266 Å². The lowest BCUT2D eigenvalue weighted by molar-refractivity contribution is 0.585. The van der Waals surface area contributed by atoms with E-state index >= 15 is 4.39 Å². The molecule has 10 aromatic carbocycles. The summed E-state index contributed by atoms with van der Waals surface area (Å²) in [6.07, 6.45) is 0. The quantitative estimate of drug-likeness (QED) is 0.125. The van der Waals surface area contributed by atoms with Gasteiger partial charge in [0.05, 0.1) is 16.7 Å². The molecule has 0 spiro atoms. The molecule has 0 fully saturated rings. The van der Waals surface area contributed by atoms with Gasteiger partial charge in [0.25, 0.3) is 0 Å². The molecule has 0 amide bonds. The summed E-state index contributed by atoms with van der Waals surface area (Å²) in [6.45, 7) is 0. The number of fused-ring (bicyclic) bond motifs is 3. The Labute approximate surface area is 463 Å². The van der Waals surface area contributed by atoms with Crippen molar-refractivity contribution in [2.45, 2.75) is 0 Å². The second-order valence-corrected chi connectivity index (χ2v) is 19.3. The van der Waals surface area contributed by atoms with Gasteiger partial charge in [-0.25, -0.2) is 53.6 Å². The third-order valence-corrected chi connectivity index (χ3v) is 14.1. The van der Waals surface area contributed by atoms with Crippen molar-refractivity contribution in [3.63, 3.8) is 0 Å². The highest BCUT2D eigenvalue weighted by Crippen LogP contribution is 2.41. The molecule has 4 heterocycles. The van der Waals surface area contributed by atoms with Gasteiger partial charge in [0, 0.05) is 72.5 Å². The summed E-state index contributed by atoms with van der Waals surface area (Å²) >= 11 is 0. The number of hydrogen-bond acceptors (Lipinski definition) is 9. The molecule has 0 N–H and O–H groups in total. The first-order chi connectivity index (χ1) is 39.9. The van der Waals surface area contributed by atoms with Crippen molar-refractivity contribution in [1.82, 2.24) is 49.4 Å². The summed E-state index contributed by atoms with van der Waals surface area (Å²) in [7, 11) is 0. The van der Waals surface area contributed by atoms with Crippen LogP contribution >= 0.6 is 0 Å². The van der Waals surface area contributed by atoms with Crippen LogP contribution in [-0.2, 0) is 0 Å². The number of rotatable bonds is 11. The molecule has 0 aliphatic rings. The van der Waals surface area contributed by atoms with Gasteiger partial charge in [0.2, 0.25) is 0 Å². The van der Waals surface area contributed by atoms with E-state index in [0.29, 0.717) is 69.2 Å². The Bertz CT molecular complexity index is 4290. The number of halogens is 2. The largest absolute Gasteiger partial charge is 0.308 e. The van der Waals surface area contributed by atoms with E-state index in [2.05, 4.69) is 28.8 Å². The van der Waals surface area contributed by atoms with E-state index in [1.54, 1.807) is 0 Å². The minimum Gasteiger partial charge on any atom is -0.308 e. The van der Waals surface area contributed by atoms with E-state index in [1.165, 1.54) is 12.1 Å². The normalized spacial score (nSPS) is 11.3. The van der Waals surface area contributed by atoms with E-state index in [0.717, 1.165) is 72.4 Å². The average molecular weight is 1050 g/mol. The zero-order valence-electron chi connectivity index (χ0n) is 43.0. The predicted octanol–water partition coefficient (Wildman–Crippen LogP) is 16.3. The lowest BCUT2D eigenvalue weighted by Gasteiger charge is -2.17. The molecule has 0 aliphatic heterocycles. The highest BCUT2D eigenvalue weighted by atomic mass is 19.1. The average Bonchev–Trinajstić information content (AvgIpc) is 3.87.